The van der Waals surface area contributed by atoms with Gasteiger partial charge in [-0.2, -0.15) is 5.10 Å². The number of amides is 1. The Labute approximate surface area is 150 Å². The number of aromatic nitrogens is 2. The van der Waals surface area contributed by atoms with Gasteiger partial charge in [0.05, 0.1) is 30.2 Å². The molecule has 0 aliphatic carbocycles. The molecule has 0 radical (unpaired) electrons. The summed E-state index contributed by atoms with van der Waals surface area (Å²) in [6, 6.07) is 14.1. The van der Waals surface area contributed by atoms with Gasteiger partial charge in [0.15, 0.2) is 0 Å². The van der Waals surface area contributed by atoms with E-state index in [0.717, 1.165) is 16.1 Å². The molecule has 0 bridgehead atoms. The highest BCUT2D eigenvalue weighted by atomic mass is 32.1. The number of rotatable bonds is 4. The molecule has 0 saturated carbocycles. The monoisotopic (exact) mass is 353 g/mol. The van der Waals surface area contributed by atoms with Crippen molar-refractivity contribution in [3.63, 3.8) is 0 Å². The van der Waals surface area contributed by atoms with Crippen LogP contribution in [0, 0.1) is 0 Å². The van der Waals surface area contributed by atoms with E-state index in [1.54, 1.807) is 11.3 Å². The summed E-state index contributed by atoms with van der Waals surface area (Å²) < 4.78 is 7.22. The van der Waals surface area contributed by atoms with Crippen LogP contribution in [0.4, 0.5) is 0 Å². The first-order valence-electron chi connectivity index (χ1n) is 8.33. The van der Waals surface area contributed by atoms with Gasteiger partial charge in [0, 0.05) is 19.3 Å². The van der Waals surface area contributed by atoms with Crippen LogP contribution >= 0.6 is 11.3 Å². The maximum atomic E-state index is 13.0. The van der Waals surface area contributed by atoms with Gasteiger partial charge in [-0.05, 0) is 17.0 Å². The number of hydrogen-bond donors (Lipinski definition) is 0. The van der Waals surface area contributed by atoms with E-state index in [0.29, 0.717) is 38.4 Å². The highest BCUT2D eigenvalue weighted by molar-refractivity contribution is 7.13. The minimum Gasteiger partial charge on any atom is -0.378 e. The zero-order chi connectivity index (χ0) is 17.1. The van der Waals surface area contributed by atoms with E-state index >= 15 is 0 Å². The van der Waals surface area contributed by atoms with Gasteiger partial charge in [-0.1, -0.05) is 36.4 Å². The Balaban J connectivity index is 1.67. The lowest BCUT2D eigenvalue weighted by molar-refractivity contribution is 0.0303. The van der Waals surface area contributed by atoms with Gasteiger partial charge in [-0.15, -0.1) is 11.3 Å². The van der Waals surface area contributed by atoms with Gasteiger partial charge in [-0.3, -0.25) is 9.48 Å². The van der Waals surface area contributed by atoms with Gasteiger partial charge in [0.1, 0.15) is 5.69 Å². The van der Waals surface area contributed by atoms with Crippen LogP contribution in [-0.4, -0.2) is 46.9 Å². The average Bonchev–Trinajstić information content (AvgIpc) is 3.32. The highest BCUT2D eigenvalue weighted by Gasteiger charge is 2.24. The SMILES string of the molecule is O=C(c1cn(Cc2ccccc2)nc1-c1cccs1)N1CCOCC1. The molecule has 1 fully saturated rings. The van der Waals surface area contributed by atoms with Crippen LogP contribution in [0.1, 0.15) is 15.9 Å². The van der Waals surface area contributed by atoms with Crippen molar-refractivity contribution in [2.45, 2.75) is 6.54 Å². The molecule has 2 aromatic heterocycles. The summed E-state index contributed by atoms with van der Waals surface area (Å²) in [5.41, 5.74) is 2.59. The normalized spacial score (nSPS) is 14.6. The number of carbonyl (C=O) groups is 1. The fraction of sp³-hybridized carbons (Fsp3) is 0.263. The largest absolute Gasteiger partial charge is 0.378 e. The molecule has 0 unspecified atom stereocenters. The predicted molar refractivity (Wildman–Crippen MR) is 97.8 cm³/mol. The van der Waals surface area contributed by atoms with E-state index in [1.165, 1.54) is 0 Å². The van der Waals surface area contributed by atoms with Gasteiger partial charge in [0.25, 0.3) is 5.91 Å². The molecule has 25 heavy (non-hydrogen) atoms. The van der Waals surface area contributed by atoms with Gasteiger partial charge in [0.2, 0.25) is 0 Å². The molecule has 0 atom stereocenters. The molecule has 1 amide bonds. The molecule has 1 aromatic carbocycles. The zero-order valence-electron chi connectivity index (χ0n) is 13.8. The Morgan fingerprint density at radius 1 is 1.12 bits per heavy atom. The first-order valence-corrected chi connectivity index (χ1v) is 9.21. The van der Waals surface area contributed by atoms with Crippen molar-refractivity contribution in [3.05, 3.63) is 65.2 Å². The number of thiophene rings is 1. The molecule has 0 spiro atoms. The summed E-state index contributed by atoms with van der Waals surface area (Å²) in [5.74, 6) is 0.0333. The number of morpholine rings is 1. The maximum absolute atomic E-state index is 13.0. The lowest BCUT2D eigenvalue weighted by atomic mass is 10.2. The smallest absolute Gasteiger partial charge is 0.257 e. The van der Waals surface area contributed by atoms with Crippen LogP contribution in [0.15, 0.2) is 54.0 Å². The second-order valence-corrected chi connectivity index (χ2v) is 6.90. The zero-order valence-corrected chi connectivity index (χ0v) is 14.6. The maximum Gasteiger partial charge on any atom is 0.257 e. The Bertz CT molecular complexity index is 837. The van der Waals surface area contributed by atoms with Crippen LogP contribution in [0.2, 0.25) is 0 Å². The van der Waals surface area contributed by atoms with Gasteiger partial charge >= 0.3 is 0 Å². The molecular weight excluding hydrogens is 334 g/mol. The van der Waals surface area contributed by atoms with Crippen molar-refractivity contribution in [1.29, 1.82) is 0 Å². The topological polar surface area (TPSA) is 47.4 Å². The fourth-order valence-corrected chi connectivity index (χ4v) is 3.68. The summed E-state index contributed by atoms with van der Waals surface area (Å²) in [4.78, 5) is 15.9. The highest BCUT2D eigenvalue weighted by Crippen LogP contribution is 2.28. The van der Waals surface area contributed by atoms with Crippen LogP contribution in [0.3, 0.4) is 0 Å². The van der Waals surface area contributed by atoms with Crippen LogP contribution in [0.25, 0.3) is 10.6 Å². The predicted octanol–water partition coefficient (Wildman–Crippen LogP) is 3.13. The Hall–Kier alpha value is -2.44. The molecule has 1 aliphatic rings. The molecule has 128 valence electrons. The minimum absolute atomic E-state index is 0.0333. The number of nitrogens with zero attached hydrogens (tertiary/aromatic N) is 3. The van der Waals surface area contributed by atoms with Crippen molar-refractivity contribution in [3.8, 4) is 10.6 Å². The van der Waals surface area contributed by atoms with Crippen molar-refractivity contribution in [2.24, 2.45) is 0 Å². The Morgan fingerprint density at radius 2 is 1.92 bits per heavy atom. The molecule has 3 heterocycles. The summed E-state index contributed by atoms with van der Waals surface area (Å²) in [6.07, 6.45) is 1.87. The third kappa shape index (κ3) is 3.50. The second-order valence-electron chi connectivity index (χ2n) is 5.96. The minimum atomic E-state index is 0.0333. The molecule has 3 aromatic rings. The van der Waals surface area contributed by atoms with E-state index in [-0.39, 0.29) is 5.91 Å². The summed E-state index contributed by atoms with van der Waals surface area (Å²) >= 11 is 1.60. The second kappa shape index (κ2) is 7.21. The van der Waals surface area contributed by atoms with E-state index in [1.807, 2.05) is 51.5 Å². The molecular formula is C19H19N3O2S. The van der Waals surface area contributed by atoms with E-state index < -0.39 is 0 Å². The molecule has 1 saturated heterocycles. The van der Waals surface area contributed by atoms with Crippen LogP contribution in [-0.2, 0) is 11.3 Å². The van der Waals surface area contributed by atoms with E-state index in [9.17, 15) is 4.79 Å². The number of ether oxygens (including phenoxy) is 1. The van der Waals surface area contributed by atoms with Crippen molar-refractivity contribution in [2.75, 3.05) is 26.3 Å². The first-order chi connectivity index (χ1) is 12.3. The van der Waals surface area contributed by atoms with Crippen LogP contribution < -0.4 is 0 Å². The van der Waals surface area contributed by atoms with E-state index in [4.69, 9.17) is 9.84 Å². The number of benzene rings is 1. The van der Waals surface area contributed by atoms with Gasteiger partial charge < -0.3 is 9.64 Å². The Morgan fingerprint density at radius 3 is 2.64 bits per heavy atom. The third-order valence-corrected chi connectivity index (χ3v) is 5.11. The summed E-state index contributed by atoms with van der Waals surface area (Å²) in [7, 11) is 0. The van der Waals surface area contributed by atoms with Crippen molar-refractivity contribution in [1.82, 2.24) is 14.7 Å². The standard InChI is InChI=1S/C19H19N3O2S/c23-19(21-8-10-24-11-9-21)16-14-22(13-15-5-2-1-3-6-15)20-18(16)17-7-4-12-25-17/h1-7,12,14H,8-11,13H2. The molecule has 1 aliphatic heterocycles. The quantitative estimate of drug-likeness (QED) is 0.724. The van der Waals surface area contributed by atoms with Gasteiger partial charge in [-0.25, -0.2) is 0 Å². The molecule has 6 heteroatoms. The third-order valence-electron chi connectivity index (χ3n) is 4.23. The molecule has 5 nitrogen and oxygen atoms in total. The fourth-order valence-electron chi connectivity index (χ4n) is 2.96. The van der Waals surface area contributed by atoms with Crippen molar-refractivity contribution >= 4 is 17.2 Å². The van der Waals surface area contributed by atoms with E-state index in [2.05, 4.69) is 12.1 Å². The lowest BCUT2D eigenvalue weighted by Crippen LogP contribution is -2.40. The number of carbonyl (C=O) groups excluding carboxylic acids is 1. The Kier molecular flexibility index (Phi) is 4.63. The number of hydrogen-bond acceptors (Lipinski definition) is 4. The van der Waals surface area contributed by atoms with Crippen LogP contribution in [0.5, 0.6) is 0 Å². The summed E-state index contributed by atoms with van der Waals surface area (Å²) in [6.45, 7) is 3.10. The molecule has 0 N–H and O–H groups in total. The summed E-state index contributed by atoms with van der Waals surface area (Å²) in [5, 5.41) is 6.72. The van der Waals surface area contributed by atoms with Crippen molar-refractivity contribution < 1.29 is 9.53 Å². The first kappa shape index (κ1) is 16.1. The lowest BCUT2D eigenvalue weighted by Gasteiger charge is -2.26. The average molecular weight is 353 g/mol. The molecule has 4 rings (SSSR count).